The molecule has 0 heterocycles. The first-order valence-electron chi connectivity index (χ1n) is 5.65. The molecule has 0 unspecified atom stereocenters. The van der Waals surface area contributed by atoms with Gasteiger partial charge in [-0.2, -0.15) is 0 Å². The molecule has 0 radical (unpaired) electrons. The maximum atomic E-state index is 11.9. The summed E-state index contributed by atoms with van der Waals surface area (Å²) in [5.74, 6) is -0.0158. The Kier molecular flexibility index (Phi) is 4.04. The molecule has 94 valence electrons. The van der Waals surface area contributed by atoms with Gasteiger partial charge in [-0.15, -0.1) is 12.4 Å². The van der Waals surface area contributed by atoms with Crippen LogP contribution in [-0.4, -0.2) is 12.5 Å². The third kappa shape index (κ3) is 3.37. The molecule has 0 atom stereocenters. The van der Waals surface area contributed by atoms with Crippen molar-refractivity contribution in [2.24, 2.45) is 5.41 Å². The Morgan fingerprint density at radius 2 is 2.12 bits per heavy atom. The number of carbonyl (C=O) groups is 1. The second-order valence-electron chi connectivity index (χ2n) is 5.07. The van der Waals surface area contributed by atoms with Crippen molar-refractivity contribution in [1.29, 1.82) is 0 Å². The maximum absolute atomic E-state index is 11.9. The Morgan fingerprint density at radius 1 is 1.47 bits per heavy atom. The van der Waals surface area contributed by atoms with Crippen LogP contribution in [0.15, 0.2) is 18.2 Å². The van der Waals surface area contributed by atoms with Crippen molar-refractivity contribution in [2.75, 3.05) is 12.3 Å². The Labute approximate surface area is 108 Å². The molecule has 0 bridgehead atoms. The van der Waals surface area contributed by atoms with Gasteiger partial charge in [0.25, 0.3) is 5.91 Å². The first kappa shape index (κ1) is 13.8. The molecular formula is C13H19ClN2O. The molecule has 17 heavy (non-hydrogen) atoms. The molecule has 0 aromatic heterocycles. The second-order valence-corrected chi connectivity index (χ2v) is 5.07. The van der Waals surface area contributed by atoms with E-state index in [1.807, 2.05) is 19.1 Å². The van der Waals surface area contributed by atoms with Gasteiger partial charge in [-0.1, -0.05) is 13.0 Å². The van der Waals surface area contributed by atoms with E-state index in [1.165, 1.54) is 12.8 Å². The van der Waals surface area contributed by atoms with Crippen molar-refractivity contribution < 1.29 is 4.79 Å². The van der Waals surface area contributed by atoms with Crippen molar-refractivity contribution >= 4 is 24.0 Å². The van der Waals surface area contributed by atoms with Crippen LogP contribution in [0.1, 0.15) is 35.7 Å². The highest BCUT2D eigenvalue weighted by molar-refractivity contribution is 5.96. The third-order valence-corrected chi connectivity index (χ3v) is 3.29. The minimum absolute atomic E-state index is 0. The van der Waals surface area contributed by atoms with Crippen LogP contribution in [-0.2, 0) is 0 Å². The van der Waals surface area contributed by atoms with Crippen LogP contribution in [0.3, 0.4) is 0 Å². The van der Waals surface area contributed by atoms with E-state index >= 15 is 0 Å². The van der Waals surface area contributed by atoms with Crippen LogP contribution in [0, 0.1) is 12.3 Å². The number of hydrogen-bond acceptors (Lipinski definition) is 2. The molecule has 1 aliphatic rings. The van der Waals surface area contributed by atoms with Crippen LogP contribution in [0.4, 0.5) is 5.69 Å². The fourth-order valence-corrected chi connectivity index (χ4v) is 1.66. The van der Waals surface area contributed by atoms with Crippen molar-refractivity contribution in [3.05, 3.63) is 29.3 Å². The molecular weight excluding hydrogens is 236 g/mol. The van der Waals surface area contributed by atoms with Crippen LogP contribution in [0.2, 0.25) is 0 Å². The molecule has 1 amide bonds. The number of halogens is 1. The van der Waals surface area contributed by atoms with E-state index in [-0.39, 0.29) is 18.3 Å². The zero-order chi connectivity index (χ0) is 11.8. The first-order valence-corrected chi connectivity index (χ1v) is 5.65. The molecule has 1 saturated carbocycles. The summed E-state index contributed by atoms with van der Waals surface area (Å²) in [5.41, 5.74) is 8.30. The number of amides is 1. The summed E-state index contributed by atoms with van der Waals surface area (Å²) in [5, 5.41) is 2.97. The summed E-state index contributed by atoms with van der Waals surface area (Å²) >= 11 is 0. The molecule has 1 aromatic carbocycles. The fraction of sp³-hybridized carbons (Fsp3) is 0.462. The molecule has 3 N–H and O–H groups in total. The van der Waals surface area contributed by atoms with Crippen LogP contribution in [0.25, 0.3) is 0 Å². The fourth-order valence-electron chi connectivity index (χ4n) is 1.66. The minimum atomic E-state index is -0.0158. The van der Waals surface area contributed by atoms with Gasteiger partial charge in [0.1, 0.15) is 0 Å². The summed E-state index contributed by atoms with van der Waals surface area (Å²) in [6.45, 7) is 4.88. The molecule has 0 aliphatic heterocycles. The number of aryl methyl sites for hydroxylation is 1. The highest BCUT2D eigenvalue weighted by Gasteiger charge is 2.37. The average molecular weight is 255 g/mol. The first-order chi connectivity index (χ1) is 7.50. The van der Waals surface area contributed by atoms with Crippen molar-refractivity contribution in [2.45, 2.75) is 26.7 Å². The summed E-state index contributed by atoms with van der Waals surface area (Å²) in [6, 6.07) is 5.43. The van der Waals surface area contributed by atoms with E-state index in [4.69, 9.17) is 5.73 Å². The van der Waals surface area contributed by atoms with Gasteiger partial charge in [0, 0.05) is 17.8 Å². The summed E-state index contributed by atoms with van der Waals surface area (Å²) in [7, 11) is 0. The molecule has 0 spiro atoms. The Morgan fingerprint density at radius 3 is 2.71 bits per heavy atom. The number of benzene rings is 1. The Hall–Kier alpha value is -1.22. The van der Waals surface area contributed by atoms with Gasteiger partial charge < -0.3 is 11.1 Å². The van der Waals surface area contributed by atoms with E-state index in [9.17, 15) is 4.79 Å². The highest BCUT2D eigenvalue weighted by atomic mass is 35.5. The average Bonchev–Trinajstić information content (AvgIpc) is 2.97. The Bertz CT molecular complexity index is 427. The Balaban J connectivity index is 0.00000144. The monoisotopic (exact) mass is 254 g/mol. The largest absolute Gasteiger partial charge is 0.399 e. The van der Waals surface area contributed by atoms with E-state index in [2.05, 4.69) is 12.2 Å². The number of anilines is 1. The van der Waals surface area contributed by atoms with Crippen molar-refractivity contribution in [3.8, 4) is 0 Å². The number of nitrogen functional groups attached to an aromatic ring is 1. The van der Waals surface area contributed by atoms with Gasteiger partial charge >= 0.3 is 0 Å². The van der Waals surface area contributed by atoms with Crippen LogP contribution in [0.5, 0.6) is 0 Å². The SMILES string of the molecule is Cc1ccc(N)cc1C(=O)NCC1(C)CC1.Cl. The van der Waals surface area contributed by atoms with Crippen LogP contribution >= 0.6 is 12.4 Å². The molecule has 0 saturated heterocycles. The zero-order valence-electron chi connectivity index (χ0n) is 10.2. The smallest absolute Gasteiger partial charge is 0.251 e. The molecule has 1 aliphatic carbocycles. The van der Waals surface area contributed by atoms with Crippen molar-refractivity contribution in [1.82, 2.24) is 5.32 Å². The normalized spacial score (nSPS) is 15.9. The molecule has 3 nitrogen and oxygen atoms in total. The quantitative estimate of drug-likeness (QED) is 0.815. The predicted octanol–water partition coefficient (Wildman–Crippen LogP) is 2.53. The van der Waals surface area contributed by atoms with Crippen molar-refractivity contribution in [3.63, 3.8) is 0 Å². The maximum Gasteiger partial charge on any atom is 0.251 e. The number of nitrogens with one attached hydrogen (secondary N) is 1. The van der Waals surface area contributed by atoms with E-state index < -0.39 is 0 Å². The van der Waals surface area contributed by atoms with Gasteiger partial charge in [0.2, 0.25) is 0 Å². The van der Waals surface area contributed by atoms with Gasteiger partial charge in [-0.05, 0) is 42.9 Å². The molecule has 1 aromatic rings. The lowest BCUT2D eigenvalue weighted by Crippen LogP contribution is -2.29. The second kappa shape index (κ2) is 4.96. The number of carbonyl (C=O) groups excluding carboxylic acids is 1. The standard InChI is InChI=1S/C13H18N2O.ClH/c1-9-3-4-10(14)7-11(9)12(16)15-8-13(2)5-6-13;/h3-4,7H,5-6,8,14H2,1-2H3,(H,15,16);1H. The molecule has 4 heteroatoms. The predicted molar refractivity (Wildman–Crippen MR) is 72.5 cm³/mol. The zero-order valence-corrected chi connectivity index (χ0v) is 11.1. The summed E-state index contributed by atoms with van der Waals surface area (Å²) < 4.78 is 0. The van der Waals surface area contributed by atoms with Gasteiger partial charge in [-0.3, -0.25) is 4.79 Å². The highest BCUT2D eigenvalue weighted by Crippen LogP contribution is 2.44. The lowest BCUT2D eigenvalue weighted by Gasteiger charge is -2.11. The number of hydrogen-bond donors (Lipinski definition) is 2. The van der Waals surface area contributed by atoms with E-state index in [1.54, 1.807) is 6.07 Å². The third-order valence-electron chi connectivity index (χ3n) is 3.29. The minimum Gasteiger partial charge on any atom is -0.399 e. The summed E-state index contributed by atoms with van der Waals surface area (Å²) in [6.07, 6.45) is 2.42. The molecule has 1 fully saturated rings. The van der Waals surface area contributed by atoms with E-state index in [0.717, 1.165) is 12.1 Å². The lowest BCUT2D eigenvalue weighted by atomic mass is 10.1. The lowest BCUT2D eigenvalue weighted by molar-refractivity contribution is 0.0945. The molecule has 2 rings (SSSR count). The van der Waals surface area contributed by atoms with Gasteiger partial charge in [0.05, 0.1) is 0 Å². The number of nitrogens with two attached hydrogens (primary N) is 1. The van der Waals surface area contributed by atoms with Crippen LogP contribution < -0.4 is 11.1 Å². The van der Waals surface area contributed by atoms with Gasteiger partial charge in [0.15, 0.2) is 0 Å². The topological polar surface area (TPSA) is 55.1 Å². The van der Waals surface area contributed by atoms with Gasteiger partial charge in [-0.25, -0.2) is 0 Å². The number of rotatable bonds is 3. The van der Waals surface area contributed by atoms with E-state index in [0.29, 0.717) is 16.7 Å². The summed E-state index contributed by atoms with van der Waals surface area (Å²) in [4.78, 5) is 11.9.